The van der Waals surface area contributed by atoms with Gasteiger partial charge in [-0.2, -0.15) is 5.10 Å². The zero-order valence-corrected chi connectivity index (χ0v) is 16.8. The molecule has 2 aliphatic rings. The van der Waals surface area contributed by atoms with Crippen molar-refractivity contribution in [2.24, 2.45) is 11.0 Å². The van der Waals surface area contributed by atoms with E-state index in [0.717, 1.165) is 17.0 Å². The highest BCUT2D eigenvalue weighted by molar-refractivity contribution is 7.98. The summed E-state index contributed by atoms with van der Waals surface area (Å²) in [5.41, 5.74) is 0.427. The number of hydrogen-bond acceptors (Lipinski definition) is 6. The molecule has 0 N–H and O–H groups in total. The number of halogens is 2. The maximum Gasteiger partial charge on any atom is 0.246 e. The van der Waals surface area contributed by atoms with Crippen molar-refractivity contribution in [3.63, 3.8) is 0 Å². The molecule has 1 aromatic heterocycles. The molecule has 4 rings (SSSR count). The third-order valence-corrected chi connectivity index (χ3v) is 5.86. The summed E-state index contributed by atoms with van der Waals surface area (Å²) in [7, 11) is 0. The Morgan fingerprint density at radius 3 is 2.59 bits per heavy atom. The van der Waals surface area contributed by atoms with Gasteiger partial charge in [-0.1, -0.05) is 11.8 Å². The van der Waals surface area contributed by atoms with Crippen molar-refractivity contribution < 1.29 is 13.6 Å². The minimum atomic E-state index is -0.651. The van der Waals surface area contributed by atoms with Gasteiger partial charge in [0.25, 0.3) is 0 Å². The third-order valence-electron chi connectivity index (χ3n) is 5.29. The lowest BCUT2D eigenvalue weighted by atomic mass is 9.94. The predicted octanol–water partition coefficient (Wildman–Crippen LogP) is 3.65. The molecule has 9 heteroatoms. The smallest absolute Gasteiger partial charge is 0.246 e. The van der Waals surface area contributed by atoms with Crippen LogP contribution in [0.4, 0.5) is 14.6 Å². The average Bonchev–Trinajstić information content (AvgIpc) is 3.23. The van der Waals surface area contributed by atoms with E-state index >= 15 is 0 Å². The largest absolute Gasteiger partial charge is 0.356 e. The number of thioether (sulfide) groups is 1. The number of benzene rings is 1. The molecule has 1 saturated heterocycles. The molecule has 1 amide bonds. The first kappa shape index (κ1) is 19.8. The van der Waals surface area contributed by atoms with Crippen molar-refractivity contribution in [1.82, 2.24) is 15.0 Å². The first-order valence-electron chi connectivity index (χ1n) is 9.48. The standard InChI is InChI=1S/C20H21F2N5OS/c1-29-20-23-6-3-18(25-20)26-8-4-13(5-9-26)19(28)27-17(2-7-24-27)14-10-15(21)12-16(22)11-14/h3,6-7,10-13,17H,2,4-5,8-9H2,1H3. The molecule has 0 bridgehead atoms. The summed E-state index contributed by atoms with van der Waals surface area (Å²) in [5, 5.41) is 6.32. The van der Waals surface area contributed by atoms with E-state index in [2.05, 4.69) is 20.0 Å². The number of carbonyl (C=O) groups is 1. The fourth-order valence-corrected chi connectivity index (χ4v) is 4.17. The van der Waals surface area contributed by atoms with Crippen LogP contribution >= 0.6 is 11.8 Å². The summed E-state index contributed by atoms with van der Waals surface area (Å²) in [6.07, 6.45) is 7.10. The first-order chi connectivity index (χ1) is 14.0. The third kappa shape index (κ3) is 4.24. The topological polar surface area (TPSA) is 61.7 Å². The second-order valence-corrected chi connectivity index (χ2v) is 7.87. The van der Waals surface area contributed by atoms with E-state index in [1.54, 1.807) is 12.4 Å². The van der Waals surface area contributed by atoms with Crippen LogP contribution in [0.2, 0.25) is 0 Å². The number of piperidine rings is 1. The monoisotopic (exact) mass is 417 g/mol. The van der Waals surface area contributed by atoms with E-state index in [9.17, 15) is 13.6 Å². The van der Waals surface area contributed by atoms with Crippen LogP contribution in [-0.2, 0) is 4.79 Å². The zero-order valence-electron chi connectivity index (χ0n) is 16.0. The van der Waals surface area contributed by atoms with E-state index in [4.69, 9.17) is 0 Å². The van der Waals surface area contributed by atoms with Crippen molar-refractivity contribution in [1.29, 1.82) is 0 Å². The Balaban J connectivity index is 1.43. The van der Waals surface area contributed by atoms with Gasteiger partial charge in [0.05, 0.1) is 6.04 Å². The lowest BCUT2D eigenvalue weighted by molar-refractivity contribution is -0.138. The van der Waals surface area contributed by atoms with Gasteiger partial charge < -0.3 is 4.90 Å². The zero-order chi connectivity index (χ0) is 20.4. The van der Waals surface area contributed by atoms with E-state index in [1.807, 2.05) is 12.3 Å². The van der Waals surface area contributed by atoms with Gasteiger partial charge in [-0.05, 0) is 42.9 Å². The number of rotatable bonds is 4. The highest BCUT2D eigenvalue weighted by Crippen LogP contribution is 2.33. The highest BCUT2D eigenvalue weighted by atomic mass is 32.2. The van der Waals surface area contributed by atoms with E-state index in [-0.39, 0.29) is 11.8 Å². The van der Waals surface area contributed by atoms with Crippen LogP contribution in [0, 0.1) is 17.6 Å². The van der Waals surface area contributed by atoms with Crippen molar-refractivity contribution in [2.75, 3.05) is 24.2 Å². The Hall–Kier alpha value is -2.55. The quantitative estimate of drug-likeness (QED) is 0.561. The Morgan fingerprint density at radius 2 is 1.90 bits per heavy atom. The minimum absolute atomic E-state index is 0.0967. The predicted molar refractivity (Wildman–Crippen MR) is 108 cm³/mol. The second-order valence-electron chi connectivity index (χ2n) is 7.10. The molecule has 3 heterocycles. The number of hydrazone groups is 1. The summed E-state index contributed by atoms with van der Waals surface area (Å²) in [6, 6.07) is 4.78. The molecule has 1 aromatic carbocycles. The van der Waals surface area contributed by atoms with Crippen LogP contribution < -0.4 is 4.90 Å². The summed E-state index contributed by atoms with van der Waals surface area (Å²) >= 11 is 1.49. The summed E-state index contributed by atoms with van der Waals surface area (Å²) in [4.78, 5) is 23.9. The van der Waals surface area contributed by atoms with Crippen molar-refractivity contribution in [3.8, 4) is 0 Å². The highest BCUT2D eigenvalue weighted by Gasteiger charge is 2.35. The SMILES string of the molecule is CSc1nccc(N2CCC(C(=O)N3N=CCC3c3cc(F)cc(F)c3)CC2)n1. The molecule has 152 valence electrons. The number of carbonyl (C=O) groups excluding carboxylic acids is 1. The fraction of sp³-hybridized carbons (Fsp3) is 0.400. The molecule has 29 heavy (non-hydrogen) atoms. The molecule has 1 atom stereocenters. The Labute approximate surface area is 172 Å². The fourth-order valence-electron chi connectivity index (χ4n) is 3.82. The minimum Gasteiger partial charge on any atom is -0.356 e. The molecular weight excluding hydrogens is 396 g/mol. The lowest BCUT2D eigenvalue weighted by Crippen LogP contribution is -2.41. The van der Waals surface area contributed by atoms with Gasteiger partial charge in [-0.25, -0.2) is 23.8 Å². The molecule has 2 aliphatic heterocycles. The van der Waals surface area contributed by atoms with Gasteiger partial charge in [0.15, 0.2) is 5.16 Å². The van der Waals surface area contributed by atoms with Crippen LogP contribution in [0.15, 0.2) is 40.7 Å². The van der Waals surface area contributed by atoms with Crippen LogP contribution in [-0.4, -0.2) is 46.4 Å². The lowest BCUT2D eigenvalue weighted by Gasteiger charge is -2.34. The van der Waals surface area contributed by atoms with Gasteiger partial charge >= 0.3 is 0 Å². The van der Waals surface area contributed by atoms with Gasteiger partial charge in [0, 0.05) is 43.9 Å². The first-order valence-corrected chi connectivity index (χ1v) is 10.7. The van der Waals surface area contributed by atoms with Crippen LogP contribution in [0.5, 0.6) is 0 Å². The molecule has 6 nitrogen and oxygen atoms in total. The normalized spacial score (nSPS) is 19.8. The van der Waals surface area contributed by atoms with Crippen LogP contribution in [0.3, 0.4) is 0 Å². The summed E-state index contributed by atoms with van der Waals surface area (Å²) in [5.74, 6) is -0.712. The molecule has 1 unspecified atom stereocenters. The average molecular weight is 417 g/mol. The van der Waals surface area contributed by atoms with Gasteiger partial charge in [0.2, 0.25) is 5.91 Å². The maximum atomic E-state index is 13.6. The number of amides is 1. The van der Waals surface area contributed by atoms with Crippen molar-refractivity contribution in [2.45, 2.75) is 30.5 Å². The number of hydrogen-bond donors (Lipinski definition) is 0. The van der Waals surface area contributed by atoms with Gasteiger partial charge in [0.1, 0.15) is 17.5 Å². The molecule has 1 fully saturated rings. The van der Waals surface area contributed by atoms with Gasteiger partial charge in [-0.15, -0.1) is 0 Å². The molecular formula is C20H21F2N5OS. The molecule has 0 radical (unpaired) electrons. The van der Waals surface area contributed by atoms with Crippen molar-refractivity contribution >= 4 is 29.7 Å². The van der Waals surface area contributed by atoms with E-state index < -0.39 is 17.7 Å². The number of anilines is 1. The molecule has 0 spiro atoms. The van der Waals surface area contributed by atoms with Crippen LogP contribution in [0.1, 0.15) is 30.9 Å². The van der Waals surface area contributed by atoms with E-state index in [0.29, 0.717) is 37.9 Å². The Morgan fingerprint density at radius 1 is 1.17 bits per heavy atom. The van der Waals surface area contributed by atoms with E-state index in [1.165, 1.54) is 28.9 Å². The Kier molecular flexibility index (Phi) is 5.75. The van der Waals surface area contributed by atoms with Gasteiger partial charge in [-0.3, -0.25) is 4.79 Å². The maximum absolute atomic E-state index is 13.6. The molecule has 0 saturated carbocycles. The van der Waals surface area contributed by atoms with Crippen LogP contribution in [0.25, 0.3) is 0 Å². The second kappa shape index (κ2) is 8.44. The van der Waals surface area contributed by atoms with Crippen molar-refractivity contribution in [3.05, 3.63) is 47.7 Å². The molecule has 2 aromatic rings. The molecule has 0 aliphatic carbocycles. The summed E-state index contributed by atoms with van der Waals surface area (Å²) < 4.78 is 27.2. The number of nitrogens with zero attached hydrogens (tertiary/aromatic N) is 5. The Bertz CT molecular complexity index is 913. The summed E-state index contributed by atoms with van der Waals surface area (Å²) in [6.45, 7) is 1.41. The number of aromatic nitrogens is 2.